The molecule has 3 nitrogen and oxygen atoms in total. The van der Waals surface area contributed by atoms with Gasteiger partial charge in [-0.3, -0.25) is 9.78 Å². The highest BCUT2D eigenvalue weighted by atomic mass is 16.5. The Labute approximate surface area is 71.4 Å². The maximum Gasteiger partial charge on any atom is 0.159 e. The van der Waals surface area contributed by atoms with Crippen molar-refractivity contribution >= 4 is 5.78 Å². The van der Waals surface area contributed by atoms with Crippen LogP contribution in [0.15, 0.2) is 18.3 Å². The van der Waals surface area contributed by atoms with E-state index < -0.39 is 0 Å². The second-order valence-corrected chi connectivity index (χ2v) is 2.53. The van der Waals surface area contributed by atoms with Gasteiger partial charge in [0, 0.05) is 18.9 Å². The van der Waals surface area contributed by atoms with Crippen molar-refractivity contribution in [2.45, 2.75) is 13.5 Å². The molecule has 1 rings (SSSR count). The minimum atomic E-state index is 0.0507. The van der Waals surface area contributed by atoms with Crippen molar-refractivity contribution in [3.8, 4) is 0 Å². The van der Waals surface area contributed by atoms with E-state index in [-0.39, 0.29) is 5.78 Å². The first-order valence-corrected chi connectivity index (χ1v) is 3.69. The lowest BCUT2D eigenvalue weighted by molar-refractivity contribution is 0.101. The molecule has 1 heterocycles. The summed E-state index contributed by atoms with van der Waals surface area (Å²) in [6.07, 6.45) is 1.62. The van der Waals surface area contributed by atoms with E-state index in [1.165, 1.54) is 6.92 Å². The van der Waals surface area contributed by atoms with Crippen molar-refractivity contribution in [1.82, 2.24) is 4.98 Å². The first kappa shape index (κ1) is 8.87. The number of pyridine rings is 1. The summed E-state index contributed by atoms with van der Waals surface area (Å²) in [6, 6.07) is 3.44. The molecule has 0 N–H and O–H groups in total. The summed E-state index contributed by atoms with van der Waals surface area (Å²) in [5.41, 5.74) is 1.46. The fourth-order valence-electron chi connectivity index (χ4n) is 0.924. The number of carbonyl (C=O) groups excluding carboxylic acids is 1. The molecule has 0 aromatic carbocycles. The number of ether oxygens (including phenoxy) is 1. The van der Waals surface area contributed by atoms with Gasteiger partial charge in [0.25, 0.3) is 0 Å². The second-order valence-electron chi connectivity index (χ2n) is 2.53. The van der Waals surface area contributed by atoms with Crippen LogP contribution >= 0.6 is 0 Å². The molecule has 0 saturated heterocycles. The Morgan fingerprint density at radius 3 is 3.00 bits per heavy atom. The van der Waals surface area contributed by atoms with Gasteiger partial charge in [-0.25, -0.2) is 0 Å². The molecule has 0 aliphatic rings. The van der Waals surface area contributed by atoms with Crippen LogP contribution in [-0.2, 0) is 11.3 Å². The third-order valence-corrected chi connectivity index (χ3v) is 1.52. The predicted molar refractivity (Wildman–Crippen MR) is 45.0 cm³/mol. The standard InChI is InChI=1S/C9H11NO2/c1-7(11)8-3-4-10-9(5-8)6-12-2/h3-5H,6H2,1-2H3. The smallest absolute Gasteiger partial charge is 0.159 e. The van der Waals surface area contributed by atoms with Crippen LogP contribution in [0.4, 0.5) is 0 Å². The fraction of sp³-hybridized carbons (Fsp3) is 0.333. The lowest BCUT2D eigenvalue weighted by Crippen LogP contribution is -1.97. The largest absolute Gasteiger partial charge is 0.378 e. The van der Waals surface area contributed by atoms with E-state index in [2.05, 4.69) is 4.98 Å². The average molecular weight is 165 g/mol. The Bertz CT molecular complexity index is 284. The number of nitrogens with zero attached hydrogens (tertiary/aromatic N) is 1. The Kier molecular flexibility index (Phi) is 2.94. The summed E-state index contributed by atoms with van der Waals surface area (Å²) in [4.78, 5) is 15.0. The Morgan fingerprint density at radius 1 is 1.67 bits per heavy atom. The number of hydrogen-bond donors (Lipinski definition) is 0. The van der Waals surface area contributed by atoms with Gasteiger partial charge < -0.3 is 4.74 Å². The van der Waals surface area contributed by atoms with Gasteiger partial charge in [0.2, 0.25) is 0 Å². The molecule has 0 aliphatic carbocycles. The first-order valence-electron chi connectivity index (χ1n) is 3.69. The van der Waals surface area contributed by atoms with Crippen molar-refractivity contribution in [2.24, 2.45) is 0 Å². The molecular formula is C9H11NO2. The molecule has 0 saturated carbocycles. The third-order valence-electron chi connectivity index (χ3n) is 1.52. The van der Waals surface area contributed by atoms with Gasteiger partial charge in [0.1, 0.15) is 0 Å². The number of Topliss-reactive ketones (excluding diaryl/α,β-unsaturated/α-hetero) is 1. The number of hydrogen-bond acceptors (Lipinski definition) is 3. The van der Waals surface area contributed by atoms with Gasteiger partial charge >= 0.3 is 0 Å². The van der Waals surface area contributed by atoms with E-state index in [9.17, 15) is 4.79 Å². The van der Waals surface area contributed by atoms with E-state index >= 15 is 0 Å². The molecule has 1 aromatic heterocycles. The normalized spacial score (nSPS) is 9.83. The molecule has 12 heavy (non-hydrogen) atoms. The van der Waals surface area contributed by atoms with E-state index in [0.717, 1.165) is 5.69 Å². The molecule has 0 amide bonds. The zero-order valence-corrected chi connectivity index (χ0v) is 7.20. The molecule has 3 heteroatoms. The van der Waals surface area contributed by atoms with Gasteiger partial charge in [0.15, 0.2) is 5.78 Å². The Balaban J connectivity index is 2.88. The number of carbonyl (C=O) groups is 1. The number of ketones is 1. The summed E-state index contributed by atoms with van der Waals surface area (Å²) < 4.78 is 4.89. The van der Waals surface area contributed by atoms with E-state index in [1.807, 2.05) is 0 Å². The minimum absolute atomic E-state index is 0.0507. The van der Waals surface area contributed by atoms with E-state index in [4.69, 9.17) is 4.74 Å². The van der Waals surface area contributed by atoms with Crippen molar-refractivity contribution in [3.63, 3.8) is 0 Å². The lowest BCUT2D eigenvalue weighted by Gasteiger charge is -1.99. The summed E-state index contributed by atoms with van der Waals surface area (Å²) in [5.74, 6) is 0.0507. The summed E-state index contributed by atoms with van der Waals surface area (Å²) in [5, 5.41) is 0. The van der Waals surface area contributed by atoms with Gasteiger partial charge in [0.05, 0.1) is 12.3 Å². The summed E-state index contributed by atoms with van der Waals surface area (Å²) in [6.45, 7) is 1.98. The average Bonchev–Trinajstić information content (AvgIpc) is 2.05. The SMILES string of the molecule is COCc1cc(C(C)=O)ccn1. The maximum atomic E-state index is 10.9. The molecule has 0 atom stereocenters. The molecule has 0 aliphatic heterocycles. The van der Waals surface area contributed by atoms with Crippen LogP contribution in [0, 0.1) is 0 Å². The molecule has 0 bridgehead atoms. The Morgan fingerprint density at radius 2 is 2.42 bits per heavy atom. The van der Waals surface area contributed by atoms with Crippen LogP contribution in [0.3, 0.4) is 0 Å². The summed E-state index contributed by atoms with van der Waals surface area (Å²) in [7, 11) is 1.60. The zero-order chi connectivity index (χ0) is 8.97. The molecule has 64 valence electrons. The fourth-order valence-corrected chi connectivity index (χ4v) is 0.924. The molecule has 0 fully saturated rings. The van der Waals surface area contributed by atoms with Crippen LogP contribution in [0.5, 0.6) is 0 Å². The highest BCUT2D eigenvalue weighted by Gasteiger charge is 2.00. The van der Waals surface area contributed by atoms with Crippen molar-refractivity contribution in [2.75, 3.05) is 7.11 Å². The van der Waals surface area contributed by atoms with Crippen LogP contribution in [-0.4, -0.2) is 17.9 Å². The monoisotopic (exact) mass is 165 g/mol. The van der Waals surface area contributed by atoms with Gasteiger partial charge in [-0.1, -0.05) is 0 Å². The minimum Gasteiger partial charge on any atom is -0.378 e. The molecule has 0 radical (unpaired) electrons. The molecule has 0 unspecified atom stereocenters. The van der Waals surface area contributed by atoms with Crippen molar-refractivity contribution < 1.29 is 9.53 Å². The van der Waals surface area contributed by atoms with Crippen molar-refractivity contribution in [3.05, 3.63) is 29.6 Å². The molecule has 0 spiro atoms. The topological polar surface area (TPSA) is 39.2 Å². The van der Waals surface area contributed by atoms with Crippen LogP contribution in [0.25, 0.3) is 0 Å². The number of aromatic nitrogens is 1. The first-order chi connectivity index (χ1) is 5.74. The summed E-state index contributed by atoms with van der Waals surface area (Å²) >= 11 is 0. The van der Waals surface area contributed by atoms with Crippen LogP contribution < -0.4 is 0 Å². The Hall–Kier alpha value is -1.22. The van der Waals surface area contributed by atoms with Crippen LogP contribution in [0.1, 0.15) is 23.0 Å². The number of rotatable bonds is 3. The molecule has 1 aromatic rings. The van der Waals surface area contributed by atoms with Crippen LogP contribution in [0.2, 0.25) is 0 Å². The predicted octanol–water partition coefficient (Wildman–Crippen LogP) is 1.43. The van der Waals surface area contributed by atoms with Crippen molar-refractivity contribution in [1.29, 1.82) is 0 Å². The van der Waals surface area contributed by atoms with Gasteiger partial charge in [-0.15, -0.1) is 0 Å². The van der Waals surface area contributed by atoms with Gasteiger partial charge in [-0.05, 0) is 19.1 Å². The zero-order valence-electron chi connectivity index (χ0n) is 7.20. The quantitative estimate of drug-likeness (QED) is 0.636. The van der Waals surface area contributed by atoms with E-state index in [1.54, 1.807) is 25.4 Å². The van der Waals surface area contributed by atoms with E-state index in [0.29, 0.717) is 12.2 Å². The third kappa shape index (κ3) is 2.13. The molecular weight excluding hydrogens is 154 g/mol. The second kappa shape index (κ2) is 3.97. The lowest BCUT2D eigenvalue weighted by atomic mass is 10.2. The number of methoxy groups -OCH3 is 1. The van der Waals surface area contributed by atoms with Gasteiger partial charge in [-0.2, -0.15) is 0 Å². The highest BCUT2D eigenvalue weighted by molar-refractivity contribution is 5.93. The highest BCUT2D eigenvalue weighted by Crippen LogP contribution is 2.03. The maximum absolute atomic E-state index is 10.9.